The lowest BCUT2D eigenvalue weighted by molar-refractivity contribution is -0.166. The number of carbonyl (C=O) groups excluding carboxylic acids is 3. The molecule has 4 unspecified atom stereocenters. The number of rotatable bonds is 6. The fourth-order valence-electron chi connectivity index (χ4n) is 4.45. The van der Waals surface area contributed by atoms with Crippen molar-refractivity contribution in [3.8, 4) is 0 Å². The molecule has 14 heteroatoms. The van der Waals surface area contributed by atoms with E-state index in [1.54, 1.807) is 7.05 Å². The third kappa shape index (κ3) is 4.97. The summed E-state index contributed by atoms with van der Waals surface area (Å²) in [5, 5.41) is 12.8. The van der Waals surface area contributed by atoms with Crippen LogP contribution in [0.4, 0.5) is 5.82 Å². The molecular formula is C21H28N6O8. The highest BCUT2D eigenvalue weighted by Crippen LogP contribution is 2.34. The van der Waals surface area contributed by atoms with E-state index in [1.807, 2.05) is 0 Å². The van der Waals surface area contributed by atoms with Gasteiger partial charge in [0.2, 0.25) is 0 Å². The van der Waals surface area contributed by atoms with Gasteiger partial charge in [0.15, 0.2) is 35.3 Å². The van der Waals surface area contributed by atoms with Gasteiger partial charge >= 0.3 is 17.9 Å². The van der Waals surface area contributed by atoms with Gasteiger partial charge in [-0.1, -0.05) is 5.21 Å². The summed E-state index contributed by atoms with van der Waals surface area (Å²) in [6.45, 7) is 4.87. The lowest BCUT2D eigenvalue weighted by Crippen LogP contribution is -2.42. The molecule has 0 spiro atoms. The van der Waals surface area contributed by atoms with Crippen molar-refractivity contribution in [2.75, 3.05) is 24.6 Å². The first-order chi connectivity index (χ1) is 16.7. The van der Waals surface area contributed by atoms with Crippen LogP contribution in [-0.4, -0.2) is 80.7 Å². The maximum atomic E-state index is 13.5. The van der Waals surface area contributed by atoms with E-state index in [1.165, 1.54) is 25.5 Å². The molecule has 14 nitrogen and oxygen atoms in total. The van der Waals surface area contributed by atoms with Crippen molar-refractivity contribution in [1.29, 1.82) is 0 Å². The van der Waals surface area contributed by atoms with E-state index in [-0.39, 0.29) is 12.1 Å². The molecule has 0 N–H and O–H groups in total. The highest BCUT2D eigenvalue weighted by molar-refractivity contribution is 5.85. The van der Waals surface area contributed by atoms with Crippen LogP contribution in [0.1, 0.15) is 46.3 Å². The number of nitrogens with zero attached hydrogens (tertiary/aromatic N) is 6. The van der Waals surface area contributed by atoms with Gasteiger partial charge in [-0.25, -0.2) is 0 Å². The van der Waals surface area contributed by atoms with Gasteiger partial charge in [0, 0.05) is 40.9 Å². The largest absolute Gasteiger partial charge is 0.463 e. The van der Waals surface area contributed by atoms with Crippen molar-refractivity contribution < 1.29 is 33.3 Å². The summed E-state index contributed by atoms with van der Waals surface area (Å²) < 4.78 is 24.0. The van der Waals surface area contributed by atoms with Gasteiger partial charge in [0.05, 0.1) is 0 Å². The van der Waals surface area contributed by atoms with E-state index in [2.05, 4.69) is 20.3 Å². The van der Waals surface area contributed by atoms with E-state index in [9.17, 15) is 19.2 Å². The fraction of sp³-hybridized carbons (Fsp3) is 0.667. The molecule has 0 saturated carbocycles. The van der Waals surface area contributed by atoms with Crippen molar-refractivity contribution >= 4 is 34.8 Å². The van der Waals surface area contributed by atoms with Crippen LogP contribution < -0.4 is 10.5 Å². The molecule has 0 bridgehead atoms. The van der Waals surface area contributed by atoms with Crippen LogP contribution in [0.2, 0.25) is 0 Å². The third-order valence-corrected chi connectivity index (χ3v) is 5.89. The Morgan fingerprint density at radius 3 is 2.29 bits per heavy atom. The van der Waals surface area contributed by atoms with Crippen LogP contribution in [0.3, 0.4) is 0 Å². The molecule has 0 aliphatic carbocycles. The van der Waals surface area contributed by atoms with Crippen LogP contribution in [0, 0.1) is 0 Å². The highest BCUT2D eigenvalue weighted by Gasteiger charge is 2.51. The zero-order valence-corrected chi connectivity index (χ0v) is 20.0. The fourth-order valence-corrected chi connectivity index (χ4v) is 4.45. The Labute approximate surface area is 200 Å². The quantitative estimate of drug-likeness (QED) is 0.388. The second kappa shape index (κ2) is 9.98. The Morgan fingerprint density at radius 2 is 1.66 bits per heavy atom. The molecule has 4 rings (SSSR count). The van der Waals surface area contributed by atoms with E-state index in [0.29, 0.717) is 11.3 Å². The number of carbonyl (C=O) groups is 3. The summed E-state index contributed by atoms with van der Waals surface area (Å²) in [5.41, 5.74) is -0.0333. The molecule has 2 saturated heterocycles. The van der Waals surface area contributed by atoms with Gasteiger partial charge in [-0.2, -0.15) is 9.78 Å². The average Bonchev–Trinajstić information content (AvgIpc) is 3.30. The zero-order chi connectivity index (χ0) is 25.3. The van der Waals surface area contributed by atoms with Crippen LogP contribution in [-0.2, 0) is 40.4 Å². The Hall–Kier alpha value is -3.55. The summed E-state index contributed by atoms with van der Waals surface area (Å²) in [7, 11) is 1.63. The van der Waals surface area contributed by atoms with Gasteiger partial charge in [0.25, 0.3) is 5.56 Å². The molecule has 35 heavy (non-hydrogen) atoms. The van der Waals surface area contributed by atoms with E-state index < -0.39 is 48.0 Å². The topological polar surface area (TPSA) is 157 Å². The van der Waals surface area contributed by atoms with Gasteiger partial charge < -0.3 is 23.8 Å². The van der Waals surface area contributed by atoms with E-state index in [4.69, 9.17) is 18.9 Å². The van der Waals surface area contributed by atoms with Crippen molar-refractivity contribution in [3.05, 3.63) is 10.4 Å². The van der Waals surface area contributed by atoms with Gasteiger partial charge in [0.1, 0.15) is 12.7 Å². The molecule has 2 aliphatic rings. The summed E-state index contributed by atoms with van der Waals surface area (Å²) in [6.07, 6.45) is -1.53. The number of anilines is 1. The smallest absolute Gasteiger partial charge is 0.303 e. The molecule has 4 heterocycles. The van der Waals surface area contributed by atoms with Gasteiger partial charge in [-0.3, -0.25) is 23.9 Å². The lowest BCUT2D eigenvalue weighted by Gasteiger charge is -2.26. The van der Waals surface area contributed by atoms with E-state index >= 15 is 0 Å². The minimum absolute atomic E-state index is 0.193. The summed E-state index contributed by atoms with van der Waals surface area (Å²) >= 11 is 0. The predicted molar refractivity (Wildman–Crippen MR) is 118 cm³/mol. The Balaban J connectivity index is 1.75. The summed E-state index contributed by atoms with van der Waals surface area (Å²) in [4.78, 5) is 50.6. The van der Waals surface area contributed by atoms with Crippen molar-refractivity contribution in [1.82, 2.24) is 24.8 Å². The minimum atomic E-state index is -1.29. The SMILES string of the molecule is CC(=O)OCC1OC(n2nnc3c(N4CCCCC4)nn(C)c3c2=O)C(OC(C)=O)C1OC(C)=O. The van der Waals surface area contributed by atoms with E-state index in [0.717, 1.165) is 37.0 Å². The standard InChI is InChI=1S/C21H28N6O8/c1-11(28)32-10-14-17(33-12(2)29)18(34-13(3)30)21(35-14)27-20(31)16-15(22-24-27)19(23-25(16)4)26-8-6-5-7-9-26/h14,17-18,21H,5-10H2,1-4H3. The van der Waals surface area contributed by atoms with Crippen LogP contribution in [0.5, 0.6) is 0 Å². The summed E-state index contributed by atoms with van der Waals surface area (Å²) in [5.74, 6) is -1.37. The molecule has 2 aromatic rings. The minimum Gasteiger partial charge on any atom is -0.463 e. The third-order valence-electron chi connectivity index (χ3n) is 5.89. The van der Waals surface area contributed by atoms with Crippen LogP contribution in [0.15, 0.2) is 4.79 Å². The Kier molecular flexibility index (Phi) is 7.00. The lowest BCUT2D eigenvalue weighted by atomic mass is 10.1. The normalized spacial score (nSPS) is 24.4. The molecule has 4 atom stereocenters. The molecule has 2 fully saturated rings. The zero-order valence-electron chi connectivity index (χ0n) is 20.0. The monoisotopic (exact) mass is 492 g/mol. The van der Waals surface area contributed by atoms with Gasteiger partial charge in [-0.15, -0.1) is 5.10 Å². The number of hydrogen-bond donors (Lipinski definition) is 0. The number of aromatic nitrogens is 5. The molecule has 0 aromatic carbocycles. The Bertz CT molecular complexity index is 1190. The van der Waals surface area contributed by atoms with Crippen molar-refractivity contribution in [3.63, 3.8) is 0 Å². The van der Waals surface area contributed by atoms with Crippen LogP contribution in [0.25, 0.3) is 11.0 Å². The number of esters is 3. The molecule has 0 radical (unpaired) electrons. The highest BCUT2D eigenvalue weighted by atomic mass is 16.7. The van der Waals surface area contributed by atoms with Crippen molar-refractivity contribution in [2.24, 2.45) is 7.05 Å². The number of fused-ring (bicyclic) bond motifs is 1. The predicted octanol–water partition coefficient (Wildman–Crippen LogP) is -0.161. The number of aryl methyl sites for hydroxylation is 1. The molecule has 190 valence electrons. The maximum Gasteiger partial charge on any atom is 0.303 e. The second-order valence-corrected chi connectivity index (χ2v) is 8.55. The molecule has 2 aromatic heterocycles. The first kappa shape index (κ1) is 24.6. The second-order valence-electron chi connectivity index (χ2n) is 8.55. The number of ether oxygens (including phenoxy) is 4. The summed E-state index contributed by atoms with van der Waals surface area (Å²) in [6, 6.07) is 0. The molecule has 2 aliphatic heterocycles. The van der Waals surface area contributed by atoms with Gasteiger partial charge in [-0.05, 0) is 19.3 Å². The molecule has 0 amide bonds. The Morgan fingerprint density at radius 1 is 1.00 bits per heavy atom. The first-order valence-electron chi connectivity index (χ1n) is 11.4. The number of piperidine rings is 1. The first-order valence-corrected chi connectivity index (χ1v) is 11.4. The van der Waals surface area contributed by atoms with Crippen molar-refractivity contribution in [2.45, 2.75) is 64.6 Å². The molecular weight excluding hydrogens is 464 g/mol. The number of hydrogen-bond acceptors (Lipinski definition) is 12. The maximum absolute atomic E-state index is 13.5. The van der Waals surface area contributed by atoms with Crippen LogP contribution >= 0.6 is 0 Å². The average molecular weight is 492 g/mol.